The molecule has 0 aliphatic carbocycles. The summed E-state index contributed by atoms with van der Waals surface area (Å²) < 4.78 is 5.64. The average Bonchev–Trinajstić information content (AvgIpc) is 3.13. The van der Waals surface area contributed by atoms with Crippen molar-refractivity contribution in [2.24, 2.45) is 0 Å². The molecule has 1 unspecified atom stereocenters. The Balaban J connectivity index is 1.94. The normalized spacial score (nSPS) is 12.1. The SMILES string of the molecule is OC(c1cccnc1)c1c(-c2ccc(Cl)cc2Cl)noc1-c1cccc(Cl)c1. The maximum Gasteiger partial charge on any atom is 0.173 e. The summed E-state index contributed by atoms with van der Waals surface area (Å²) in [7, 11) is 0. The van der Waals surface area contributed by atoms with Gasteiger partial charge in [-0.15, -0.1) is 0 Å². The maximum atomic E-state index is 11.1. The van der Waals surface area contributed by atoms with E-state index in [-0.39, 0.29) is 0 Å². The van der Waals surface area contributed by atoms with Crippen LogP contribution in [0.5, 0.6) is 0 Å². The number of aliphatic hydroxyl groups is 1. The Hall–Kier alpha value is -2.37. The number of benzene rings is 2. The van der Waals surface area contributed by atoms with Crippen LogP contribution in [-0.4, -0.2) is 15.2 Å². The number of aromatic nitrogens is 2. The lowest BCUT2D eigenvalue weighted by atomic mass is 9.95. The van der Waals surface area contributed by atoms with E-state index in [1.165, 1.54) is 0 Å². The Morgan fingerprint density at radius 3 is 2.46 bits per heavy atom. The zero-order valence-electron chi connectivity index (χ0n) is 14.3. The van der Waals surface area contributed by atoms with Gasteiger partial charge in [0.1, 0.15) is 11.8 Å². The van der Waals surface area contributed by atoms with E-state index in [1.54, 1.807) is 60.9 Å². The molecule has 1 N–H and O–H groups in total. The Kier molecular flexibility index (Phi) is 5.38. The van der Waals surface area contributed by atoms with Crippen molar-refractivity contribution in [3.63, 3.8) is 0 Å². The second kappa shape index (κ2) is 7.94. The summed E-state index contributed by atoms with van der Waals surface area (Å²) in [5.74, 6) is 0.403. The largest absolute Gasteiger partial charge is 0.383 e. The highest BCUT2D eigenvalue weighted by Crippen LogP contribution is 2.41. The zero-order valence-corrected chi connectivity index (χ0v) is 16.6. The monoisotopic (exact) mass is 430 g/mol. The number of halogens is 3. The molecule has 0 saturated carbocycles. The molecule has 0 bridgehead atoms. The van der Waals surface area contributed by atoms with Gasteiger partial charge in [0, 0.05) is 39.1 Å². The third kappa shape index (κ3) is 3.64. The van der Waals surface area contributed by atoms with Crippen molar-refractivity contribution in [2.45, 2.75) is 6.10 Å². The second-order valence-corrected chi connectivity index (χ2v) is 7.38. The molecule has 0 amide bonds. The number of hydrogen-bond acceptors (Lipinski definition) is 4. The first kappa shape index (κ1) is 19.0. The topological polar surface area (TPSA) is 59.2 Å². The predicted octanol–water partition coefficient (Wildman–Crippen LogP) is 6.45. The van der Waals surface area contributed by atoms with Crippen molar-refractivity contribution in [2.75, 3.05) is 0 Å². The Bertz CT molecular complexity index is 1130. The van der Waals surface area contributed by atoms with Gasteiger partial charge in [0.25, 0.3) is 0 Å². The van der Waals surface area contributed by atoms with Gasteiger partial charge in [0.15, 0.2) is 5.76 Å². The fourth-order valence-corrected chi connectivity index (χ4v) is 3.66. The molecular weight excluding hydrogens is 419 g/mol. The van der Waals surface area contributed by atoms with Gasteiger partial charge < -0.3 is 9.63 Å². The quantitative estimate of drug-likeness (QED) is 0.403. The average molecular weight is 432 g/mol. The smallest absolute Gasteiger partial charge is 0.173 e. The van der Waals surface area contributed by atoms with Gasteiger partial charge in [-0.05, 0) is 36.4 Å². The van der Waals surface area contributed by atoms with Crippen molar-refractivity contribution in [1.82, 2.24) is 10.1 Å². The Labute approximate surface area is 176 Å². The molecule has 0 spiro atoms. The third-order valence-electron chi connectivity index (χ3n) is 4.27. The molecule has 2 heterocycles. The molecule has 0 saturated heterocycles. The van der Waals surface area contributed by atoms with E-state index < -0.39 is 6.10 Å². The molecule has 1 atom stereocenters. The van der Waals surface area contributed by atoms with E-state index in [4.69, 9.17) is 39.3 Å². The Morgan fingerprint density at radius 1 is 0.929 bits per heavy atom. The van der Waals surface area contributed by atoms with Crippen LogP contribution in [0, 0.1) is 0 Å². The minimum absolute atomic E-state index is 0.401. The van der Waals surface area contributed by atoms with Gasteiger partial charge in [-0.2, -0.15) is 0 Å². The van der Waals surface area contributed by atoms with Crippen LogP contribution in [-0.2, 0) is 0 Å². The molecule has 0 aliphatic heterocycles. The lowest BCUT2D eigenvalue weighted by Gasteiger charge is -2.13. The van der Waals surface area contributed by atoms with Crippen LogP contribution in [0.25, 0.3) is 22.6 Å². The van der Waals surface area contributed by atoms with Gasteiger partial charge >= 0.3 is 0 Å². The first-order valence-corrected chi connectivity index (χ1v) is 9.47. The highest BCUT2D eigenvalue weighted by molar-refractivity contribution is 6.36. The number of pyridine rings is 1. The highest BCUT2D eigenvalue weighted by Gasteiger charge is 2.27. The third-order valence-corrected chi connectivity index (χ3v) is 5.06. The van der Waals surface area contributed by atoms with Crippen LogP contribution in [0.1, 0.15) is 17.2 Å². The standard InChI is InChI=1S/C21H13Cl3N2O2/c22-14-5-1-3-12(9-14)21-18(20(27)13-4-2-8-25-11-13)19(26-28-21)16-7-6-15(23)10-17(16)24/h1-11,20,27H. The first-order chi connectivity index (χ1) is 13.5. The van der Waals surface area contributed by atoms with Gasteiger partial charge in [0.2, 0.25) is 0 Å². The van der Waals surface area contributed by atoms with Gasteiger partial charge in [-0.25, -0.2) is 0 Å². The predicted molar refractivity (Wildman–Crippen MR) is 111 cm³/mol. The van der Waals surface area contributed by atoms with Crippen molar-refractivity contribution in [3.8, 4) is 22.6 Å². The minimum Gasteiger partial charge on any atom is -0.383 e. The fourth-order valence-electron chi connectivity index (χ4n) is 2.97. The van der Waals surface area contributed by atoms with Gasteiger partial charge in [0.05, 0.1) is 10.6 Å². The molecule has 4 rings (SSSR count). The van der Waals surface area contributed by atoms with E-state index in [1.807, 2.05) is 6.07 Å². The minimum atomic E-state index is -1.03. The van der Waals surface area contributed by atoms with E-state index in [0.717, 1.165) is 0 Å². The summed E-state index contributed by atoms with van der Waals surface area (Å²) in [6.07, 6.45) is 2.20. The second-order valence-electron chi connectivity index (χ2n) is 6.10. The molecule has 0 radical (unpaired) electrons. The molecule has 4 aromatic rings. The Morgan fingerprint density at radius 2 is 1.75 bits per heavy atom. The molecular formula is C21H13Cl3N2O2. The van der Waals surface area contributed by atoms with E-state index >= 15 is 0 Å². The highest BCUT2D eigenvalue weighted by atomic mass is 35.5. The molecule has 140 valence electrons. The number of nitrogens with zero attached hydrogens (tertiary/aromatic N) is 2. The summed E-state index contributed by atoms with van der Waals surface area (Å²) in [5, 5.41) is 16.8. The van der Waals surface area contributed by atoms with Gasteiger partial charge in [-0.1, -0.05) is 58.2 Å². The van der Waals surface area contributed by atoms with Crippen LogP contribution >= 0.6 is 34.8 Å². The van der Waals surface area contributed by atoms with Crippen LogP contribution in [0.3, 0.4) is 0 Å². The molecule has 4 nitrogen and oxygen atoms in total. The zero-order chi connectivity index (χ0) is 19.7. The molecule has 2 aromatic heterocycles. The van der Waals surface area contributed by atoms with Crippen molar-refractivity contribution < 1.29 is 9.63 Å². The lowest BCUT2D eigenvalue weighted by molar-refractivity contribution is 0.220. The summed E-state index contributed by atoms with van der Waals surface area (Å²) in [4.78, 5) is 4.09. The van der Waals surface area contributed by atoms with Crippen LogP contribution in [0.15, 0.2) is 71.5 Å². The number of hydrogen-bond donors (Lipinski definition) is 1. The van der Waals surface area contributed by atoms with Crippen molar-refractivity contribution >= 4 is 34.8 Å². The van der Waals surface area contributed by atoms with Crippen molar-refractivity contribution in [3.05, 3.63) is 93.2 Å². The summed E-state index contributed by atoms with van der Waals surface area (Å²) in [6.45, 7) is 0. The lowest BCUT2D eigenvalue weighted by Crippen LogP contribution is -2.03. The van der Waals surface area contributed by atoms with E-state index in [0.29, 0.717) is 48.8 Å². The van der Waals surface area contributed by atoms with Crippen LogP contribution in [0.2, 0.25) is 15.1 Å². The van der Waals surface area contributed by atoms with Crippen LogP contribution < -0.4 is 0 Å². The van der Waals surface area contributed by atoms with Gasteiger partial charge in [-0.3, -0.25) is 4.98 Å². The molecule has 0 aliphatic rings. The summed E-state index contributed by atoms with van der Waals surface area (Å²) in [6, 6.07) is 15.7. The fraction of sp³-hybridized carbons (Fsp3) is 0.0476. The van der Waals surface area contributed by atoms with Crippen LogP contribution in [0.4, 0.5) is 0 Å². The summed E-state index contributed by atoms with van der Waals surface area (Å²) in [5.41, 5.74) is 2.78. The number of rotatable bonds is 4. The van der Waals surface area contributed by atoms with E-state index in [9.17, 15) is 5.11 Å². The van der Waals surface area contributed by atoms with E-state index in [2.05, 4.69) is 10.1 Å². The first-order valence-electron chi connectivity index (χ1n) is 8.33. The maximum absolute atomic E-state index is 11.1. The summed E-state index contributed by atoms with van der Waals surface area (Å²) >= 11 is 18.5. The molecule has 0 fully saturated rings. The molecule has 2 aromatic carbocycles. The number of aliphatic hydroxyl groups excluding tert-OH is 1. The van der Waals surface area contributed by atoms with Crippen molar-refractivity contribution in [1.29, 1.82) is 0 Å². The molecule has 28 heavy (non-hydrogen) atoms. The molecule has 7 heteroatoms.